The highest BCUT2D eigenvalue weighted by molar-refractivity contribution is 6.23. The Balaban J connectivity index is 1.72. The number of rotatable bonds is 1. The molecule has 0 aliphatic heterocycles. The monoisotopic (exact) mass is 465 g/mol. The summed E-state index contributed by atoms with van der Waals surface area (Å²) < 4.78 is 96.7. The van der Waals surface area contributed by atoms with E-state index in [1.165, 1.54) is 0 Å². The van der Waals surface area contributed by atoms with Crippen LogP contribution in [0.5, 0.6) is 0 Å². The predicted molar refractivity (Wildman–Crippen MR) is 157 cm³/mol. The molecule has 0 bridgehead atoms. The number of hydrogen-bond acceptors (Lipinski definition) is 0. The molecule has 0 fully saturated rings. The molecule has 0 heteroatoms. The molecule has 0 N–H and O–H groups in total. The molecule has 0 amide bonds. The second kappa shape index (κ2) is 7.41. The van der Waals surface area contributed by atoms with Crippen molar-refractivity contribution in [2.24, 2.45) is 0 Å². The molecular weight excluding hydrogens is 432 g/mol. The predicted octanol–water partition coefficient (Wildman–Crippen LogP) is 10.3. The molecule has 0 unspecified atom stereocenters. The zero-order valence-corrected chi connectivity index (χ0v) is 18.9. The molecule has 0 radical (unpaired) electrons. The van der Waals surface area contributed by atoms with Crippen LogP contribution in [0.2, 0.25) is 0 Å². The van der Waals surface area contributed by atoms with Crippen LogP contribution in [0.4, 0.5) is 0 Å². The third-order valence-corrected chi connectivity index (χ3v) is 6.95. The van der Waals surface area contributed by atoms with Gasteiger partial charge in [-0.25, -0.2) is 0 Å². The van der Waals surface area contributed by atoms with E-state index in [2.05, 4.69) is 0 Å². The van der Waals surface area contributed by atoms with Crippen molar-refractivity contribution in [1.82, 2.24) is 0 Å². The largest absolute Gasteiger partial charge is 0.0636 e. The molecule has 8 aromatic rings. The lowest BCUT2D eigenvalue weighted by molar-refractivity contribution is 1.72. The number of fused-ring (bicyclic) bond motifs is 8. The van der Waals surface area contributed by atoms with Crippen LogP contribution in [0.3, 0.4) is 0 Å². The molecule has 0 aliphatic carbocycles. The van der Waals surface area contributed by atoms with Gasteiger partial charge in [0, 0.05) is 0 Å². The maximum Gasteiger partial charge on any atom is 0.0636 e. The van der Waals surface area contributed by atoms with Crippen molar-refractivity contribution in [3.8, 4) is 11.1 Å². The summed E-state index contributed by atoms with van der Waals surface area (Å²) in [4.78, 5) is 0. The highest BCUT2D eigenvalue weighted by atomic mass is 14.2. The van der Waals surface area contributed by atoms with E-state index in [-0.39, 0.29) is 37.9 Å². The number of benzene rings is 8. The SMILES string of the molecule is [2H]c1c([2H])c([2H])c2c([2H])c3c(c([2H])c([2H])c4c([2H])c([2H])c([2H])c([2H])c43)c(-c3cccc4cc5ccc6ccccc6c5cc34)c2c1[2H]. The third kappa shape index (κ3) is 2.76. The zero-order chi connectivity index (χ0) is 33.2. The summed E-state index contributed by atoms with van der Waals surface area (Å²) in [7, 11) is 0. The summed E-state index contributed by atoms with van der Waals surface area (Å²) in [5, 5.41) is 4.99. The molecule has 0 saturated heterocycles. The highest BCUT2D eigenvalue weighted by Gasteiger charge is 2.15. The molecule has 0 atom stereocenters. The third-order valence-electron chi connectivity index (χ3n) is 6.95. The normalized spacial score (nSPS) is 16.2. The number of hydrogen-bond donors (Lipinski definition) is 0. The van der Waals surface area contributed by atoms with Crippen molar-refractivity contribution in [3.63, 3.8) is 0 Å². The van der Waals surface area contributed by atoms with Crippen molar-refractivity contribution in [2.75, 3.05) is 0 Å². The minimum atomic E-state index is -0.572. The van der Waals surface area contributed by atoms with Crippen LogP contribution in [-0.4, -0.2) is 0 Å². The van der Waals surface area contributed by atoms with Gasteiger partial charge in [0.05, 0.1) is 15.1 Å². The lowest BCUT2D eigenvalue weighted by Crippen LogP contribution is -1.89. The van der Waals surface area contributed by atoms with E-state index in [0.29, 0.717) is 10.9 Å². The van der Waals surface area contributed by atoms with Crippen molar-refractivity contribution in [2.45, 2.75) is 0 Å². The maximum atomic E-state index is 9.35. The van der Waals surface area contributed by atoms with Crippen molar-refractivity contribution in [3.05, 3.63) is 133 Å². The Morgan fingerprint density at radius 2 is 1.14 bits per heavy atom. The summed E-state index contributed by atoms with van der Waals surface area (Å²) >= 11 is 0. The van der Waals surface area contributed by atoms with Crippen LogP contribution in [0, 0.1) is 0 Å². The van der Waals surface area contributed by atoms with E-state index in [1.54, 1.807) is 12.1 Å². The Bertz CT molecular complexity index is 2750. The van der Waals surface area contributed by atoms with Crippen LogP contribution in [0.15, 0.2) is 133 Å². The summed E-state index contributed by atoms with van der Waals surface area (Å²) in [5.41, 5.74) is 0.710. The second-order valence-electron chi connectivity index (χ2n) is 8.89. The molecule has 0 saturated carbocycles. The van der Waals surface area contributed by atoms with E-state index >= 15 is 0 Å². The summed E-state index contributed by atoms with van der Waals surface area (Å²) in [6.07, 6.45) is 0. The summed E-state index contributed by atoms with van der Waals surface area (Å²) in [6.45, 7) is 0. The standard InChI is InChI=1S/C36H22/c1-4-12-28-23(8-1)16-17-27-20-25-11-7-15-31(34(25)22-33(27)28)36-30-14-6-3-10-26(30)21-35-29-13-5-2-9-24(29)18-19-32(35)36/h1-22H/i2D,3D,5D,6D,9D,10D,13D,14D,18D,19D,21D. The molecule has 0 spiro atoms. The average molecular weight is 466 g/mol. The molecule has 8 aromatic carbocycles. The van der Waals surface area contributed by atoms with E-state index in [1.807, 2.05) is 54.6 Å². The van der Waals surface area contributed by atoms with Gasteiger partial charge in [0.2, 0.25) is 0 Å². The molecular formula is C36H22. The van der Waals surface area contributed by atoms with Gasteiger partial charge in [0.1, 0.15) is 0 Å². The topological polar surface area (TPSA) is 0 Å². The van der Waals surface area contributed by atoms with E-state index in [0.717, 1.165) is 26.9 Å². The van der Waals surface area contributed by atoms with Gasteiger partial charge in [-0.1, -0.05) is 115 Å². The maximum absolute atomic E-state index is 9.35. The van der Waals surface area contributed by atoms with Gasteiger partial charge in [0.15, 0.2) is 0 Å². The molecule has 0 aliphatic rings. The Hall–Kier alpha value is -4.68. The van der Waals surface area contributed by atoms with Gasteiger partial charge < -0.3 is 0 Å². The second-order valence-corrected chi connectivity index (χ2v) is 8.89. The first-order valence-electron chi connectivity index (χ1n) is 17.1. The molecule has 166 valence electrons. The molecule has 0 nitrogen and oxygen atoms in total. The summed E-state index contributed by atoms with van der Waals surface area (Å²) in [5.74, 6) is 0. The van der Waals surface area contributed by atoms with Crippen LogP contribution in [0.1, 0.15) is 15.1 Å². The molecule has 8 rings (SSSR count). The van der Waals surface area contributed by atoms with E-state index < -0.39 is 66.5 Å². The van der Waals surface area contributed by atoms with Crippen LogP contribution in [-0.2, 0) is 0 Å². The fourth-order valence-corrected chi connectivity index (χ4v) is 5.33. The van der Waals surface area contributed by atoms with Gasteiger partial charge in [0.25, 0.3) is 0 Å². The van der Waals surface area contributed by atoms with E-state index in [9.17, 15) is 2.74 Å². The molecule has 36 heavy (non-hydrogen) atoms. The lowest BCUT2D eigenvalue weighted by atomic mass is 9.87. The van der Waals surface area contributed by atoms with Gasteiger partial charge in [-0.05, 0) is 93.9 Å². The first-order chi connectivity index (χ1) is 22.4. The van der Waals surface area contributed by atoms with Gasteiger partial charge in [-0.15, -0.1) is 0 Å². The zero-order valence-electron chi connectivity index (χ0n) is 29.9. The Morgan fingerprint density at radius 1 is 0.389 bits per heavy atom. The van der Waals surface area contributed by atoms with Gasteiger partial charge >= 0.3 is 0 Å². The Kier molecular flexibility index (Phi) is 2.44. The summed E-state index contributed by atoms with van der Waals surface area (Å²) in [6, 6.07) is 16.3. The van der Waals surface area contributed by atoms with Crippen molar-refractivity contribution < 1.29 is 15.1 Å². The van der Waals surface area contributed by atoms with Gasteiger partial charge in [-0.3, -0.25) is 0 Å². The van der Waals surface area contributed by atoms with Gasteiger partial charge in [-0.2, -0.15) is 0 Å². The first-order valence-corrected chi connectivity index (χ1v) is 11.6. The quantitative estimate of drug-likeness (QED) is 0.167. The van der Waals surface area contributed by atoms with Crippen molar-refractivity contribution >= 4 is 64.6 Å². The van der Waals surface area contributed by atoms with Crippen LogP contribution >= 0.6 is 0 Å². The van der Waals surface area contributed by atoms with Crippen LogP contribution < -0.4 is 0 Å². The minimum absolute atomic E-state index is 0.00658. The van der Waals surface area contributed by atoms with E-state index in [4.69, 9.17) is 12.3 Å². The Morgan fingerprint density at radius 3 is 2.08 bits per heavy atom. The molecule has 0 aromatic heterocycles. The average Bonchev–Trinajstić information content (AvgIpc) is 3.08. The fourth-order valence-electron chi connectivity index (χ4n) is 5.33. The highest BCUT2D eigenvalue weighted by Crippen LogP contribution is 2.42. The smallest absolute Gasteiger partial charge is 0.0616 e. The minimum Gasteiger partial charge on any atom is -0.0616 e. The molecule has 0 heterocycles. The lowest BCUT2D eigenvalue weighted by Gasteiger charge is -2.16. The van der Waals surface area contributed by atoms with Crippen molar-refractivity contribution in [1.29, 1.82) is 0 Å². The van der Waals surface area contributed by atoms with Crippen LogP contribution in [0.25, 0.3) is 75.8 Å². The first kappa shape index (κ1) is 11.8. The fraction of sp³-hybridized carbons (Fsp3) is 0. The Labute approximate surface area is 224 Å².